The van der Waals surface area contributed by atoms with E-state index in [0.717, 1.165) is 0 Å². The molecule has 3 rings (SSSR count). The maximum atomic E-state index is 2.27. The fraction of sp³-hybridized carbons (Fsp3) is 0.600. The Bertz CT molecular complexity index is 316. The molecule has 0 heteroatoms. The smallest absolute Gasteiger partial charge is 0.0276 e. The summed E-state index contributed by atoms with van der Waals surface area (Å²) in [5, 5.41) is 0. The van der Waals surface area contributed by atoms with Crippen LogP contribution in [0.5, 0.6) is 0 Å². The van der Waals surface area contributed by atoms with Crippen LogP contribution in [0, 0.1) is 0 Å². The van der Waals surface area contributed by atoms with Gasteiger partial charge in [-0.3, -0.25) is 0 Å². The van der Waals surface area contributed by atoms with E-state index in [0.29, 0.717) is 0 Å². The molecule has 114 valence electrons. The van der Waals surface area contributed by atoms with E-state index in [1.807, 2.05) is 0 Å². The summed E-state index contributed by atoms with van der Waals surface area (Å²) in [6.45, 7) is 4.25. The molecule has 2 aliphatic carbocycles. The standard InChI is InChI=1S/C10H12.C6H10.C3H8.CH4/c1-2-6-10-8-4-3-7-9(10)5-1;1-2-4-6-5-3-1;1-3-2;/h1-2,5-6H,3-4,7-8H2;1-2H,3-6H2;3H2,1-2H3;1H4. The highest BCUT2D eigenvalue weighted by Crippen LogP contribution is 2.19. The third kappa shape index (κ3) is 8.19. The minimum atomic E-state index is 0. The Balaban J connectivity index is 0.000000313. The van der Waals surface area contributed by atoms with Gasteiger partial charge in [-0.05, 0) is 62.5 Å². The SMILES string of the molecule is C.C1=CCCCC1.CCC.c1ccc2c(c1)CCCC2. The Morgan fingerprint density at radius 3 is 1.45 bits per heavy atom. The van der Waals surface area contributed by atoms with E-state index < -0.39 is 0 Å². The van der Waals surface area contributed by atoms with E-state index in [-0.39, 0.29) is 7.43 Å². The average molecular weight is 274 g/mol. The molecule has 20 heavy (non-hydrogen) atoms. The van der Waals surface area contributed by atoms with Crippen molar-refractivity contribution in [2.24, 2.45) is 0 Å². The molecule has 0 fully saturated rings. The Hall–Kier alpha value is -1.04. The Morgan fingerprint density at radius 1 is 0.750 bits per heavy atom. The van der Waals surface area contributed by atoms with Crippen LogP contribution in [0.1, 0.15) is 77.3 Å². The number of rotatable bonds is 0. The molecule has 1 aromatic rings. The fourth-order valence-electron chi connectivity index (χ4n) is 2.44. The quantitative estimate of drug-likeness (QED) is 0.460. The molecule has 0 saturated heterocycles. The highest BCUT2D eigenvalue weighted by atomic mass is 14.1. The van der Waals surface area contributed by atoms with Gasteiger partial charge in [-0.1, -0.05) is 64.1 Å². The zero-order valence-electron chi connectivity index (χ0n) is 12.8. The van der Waals surface area contributed by atoms with E-state index in [1.54, 1.807) is 11.1 Å². The monoisotopic (exact) mass is 274 g/mol. The van der Waals surface area contributed by atoms with Crippen LogP contribution in [0.4, 0.5) is 0 Å². The van der Waals surface area contributed by atoms with Crippen molar-refractivity contribution in [1.82, 2.24) is 0 Å². The van der Waals surface area contributed by atoms with Crippen molar-refractivity contribution in [1.29, 1.82) is 0 Å². The van der Waals surface area contributed by atoms with E-state index in [1.165, 1.54) is 57.8 Å². The molecule has 0 aromatic heterocycles. The van der Waals surface area contributed by atoms with Gasteiger partial charge in [0.25, 0.3) is 0 Å². The van der Waals surface area contributed by atoms with Gasteiger partial charge in [-0.25, -0.2) is 0 Å². The minimum absolute atomic E-state index is 0. The maximum Gasteiger partial charge on any atom is -0.0276 e. The number of benzene rings is 1. The summed E-state index contributed by atoms with van der Waals surface area (Å²) in [4.78, 5) is 0. The van der Waals surface area contributed by atoms with Gasteiger partial charge in [0.15, 0.2) is 0 Å². The lowest BCUT2D eigenvalue weighted by molar-refractivity contribution is 0.685. The molecule has 0 aliphatic heterocycles. The third-order valence-electron chi connectivity index (χ3n) is 3.42. The van der Waals surface area contributed by atoms with E-state index in [4.69, 9.17) is 0 Å². The number of aryl methyl sites for hydroxylation is 2. The first-order valence-corrected chi connectivity index (χ1v) is 8.10. The van der Waals surface area contributed by atoms with Crippen LogP contribution in [0.2, 0.25) is 0 Å². The molecule has 0 N–H and O–H groups in total. The summed E-state index contributed by atoms with van der Waals surface area (Å²) in [5.74, 6) is 0. The van der Waals surface area contributed by atoms with Crippen LogP contribution in [0.25, 0.3) is 0 Å². The predicted octanol–water partition coefficient (Wildman–Crippen LogP) is 6.73. The van der Waals surface area contributed by atoms with Crippen molar-refractivity contribution >= 4 is 0 Å². The Labute approximate surface area is 127 Å². The Morgan fingerprint density at radius 2 is 1.15 bits per heavy atom. The van der Waals surface area contributed by atoms with Crippen LogP contribution in [0.15, 0.2) is 36.4 Å². The number of hydrogen-bond acceptors (Lipinski definition) is 0. The van der Waals surface area contributed by atoms with Crippen LogP contribution in [-0.2, 0) is 12.8 Å². The first kappa shape index (κ1) is 19.0. The largest absolute Gasteiger partial charge is 0.0885 e. The van der Waals surface area contributed by atoms with Gasteiger partial charge in [-0.15, -0.1) is 0 Å². The van der Waals surface area contributed by atoms with Crippen LogP contribution >= 0.6 is 0 Å². The molecule has 0 nitrogen and oxygen atoms in total. The average Bonchev–Trinajstić information content (AvgIpc) is 2.51. The zero-order chi connectivity index (χ0) is 13.8. The molecule has 1 aromatic carbocycles. The highest BCUT2D eigenvalue weighted by molar-refractivity contribution is 5.28. The molecule has 0 atom stereocenters. The van der Waals surface area contributed by atoms with Gasteiger partial charge in [0.05, 0.1) is 0 Å². The van der Waals surface area contributed by atoms with Gasteiger partial charge in [0.2, 0.25) is 0 Å². The number of fused-ring (bicyclic) bond motifs is 1. The summed E-state index contributed by atoms with van der Waals surface area (Å²) in [6, 6.07) is 8.80. The molecule has 2 aliphatic rings. The second-order valence-electron chi connectivity index (χ2n) is 5.44. The summed E-state index contributed by atoms with van der Waals surface area (Å²) in [7, 11) is 0. The molecule has 0 unspecified atom stereocenters. The lowest BCUT2D eigenvalue weighted by atomic mass is 9.92. The molecular weight excluding hydrogens is 240 g/mol. The second kappa shape index (κ2) is 13.0. The lowest BCUT2D eigenvalue weighted by Crippen LogP contribution is -2.00. The molecular formula is C20H34. The first-order chi connectivity index (χ1) is 9.38. The highest BCUT2D eigenvalue weighted by Gasteiger charge is 2.05. The van der Waals surface area contributed by atoms with Crippen molar-refractivity contribution in [3.63, 3.8) is 0 Å². The Kier molecular flexibility index (Phi) is 12.3. The normalized spacial score (nSPS) is 15.5. The van der Waals surface area contributed by atoms with E-state index in [9.17, 15) is 0 Å². The van der Waals surface area contributed by atoms with Crippen molar-refractivity contribution in [2.45, 2.75) is 79.1 Å². The van der Waals surface area contributed by atoms with Gasteiger partial charge >= 0.3 is 0 Å². The fourth-order valence-corrected chi connectivity index (χ4v) is 2.44. The summed E-state index contributed by atoms with van der Waals surface area (Å²) < 4.78 is 0. The van der Waals surface area contributed by atoms with Gasteiger partial charge in [0.1, 0.15) is 0 Å². The number of allylic oxidation sites excluding steroid dienone is 2. The van der Waals surface area contributed by atoms with Gasteiger partial charge in [0, 0.05) is 0 Å². The number of hydrogen-bond donors (Lipinski definition) is 0. The predicted molar refractivity (Wildman–Crippen MR) is 93.4 cm³/mol. The van der Waals surface area contributed by atoms with Gasteiger partial charge < -0.3 is 0 Å². The van der Waals surface area contributed by atoms with Crippen LogP contribution < -0.4 is 0 Å². The van der Waals surface area contributed by atoms with Crippen LogP contribution in [-0.4, -0.2) is 0 Å². The van der Waals surface area contributed by atoms with Crippen molar-refractivity contribution < 1.29 is 0 Å². The van der Waals surface area contributed by atoms with Crippen LogP contribution in [0.3, 0.4) is 0 Å². The van der Waals surface area contributed by atoms with Crippen molar-refractivity contribution in [3.05, 3.63) is 47.5 Å². The third-order valence-corrected chi connectivity index (χ3v) is 3.42. The molecule has 0 bridgehead atoms. The molecule has 0 heterocycles. The topological polar surface area (TPSA) is 0 Å². The first-order valence-electron chi connectivity index (χ1n) is 8.10. The zero-order valence-corrected chi connectivity index (χ0v) is 12.8. The second-order valence-corrected chi connectivity index (χ2v) is 5.44. The van der Waals surface area contributed by atoms with Crippen molar-refractivity contribution in [3.8, 4) is 0 Å². The lowest BCUT2D eigenvalue weighted by Gasteiger charge is -2.13. The van der Waals surface area contributed by atoms with E-state index >= 15 is 0 Å². The molecule has 0 spiro atoms. The minimum Gasteiger partial charge on any atom is -0.0885 e. The summed E-state index contributed by atoms with van der Waals surface area (Å²) in [6.07, 6.45) is 16.6. The summed E-state index contributed by atoms with van der Waals surface area (Å²) >= 11 is 0. The molecule has 0 radical (unpaired) electrons. The molecule has 0 saturated carbocycles. The van der Waals surface area contributed by atoms with Gasteiger partial charge in [-0.2, -0.15) is 0 Å². The molecule has 0 amide bonds. The summed E-state index contributed by atoms with van der Waals surface area (Å²) in [5.41, 5.74) is 3.16. The maximum absolute atomic E-state index is 2.27. The van der Waals surface area contributed by atoms with E-state index in [2.05, 4.69) is 50.3 Å². The van der Waals surface area contributed by atoms with Crippen molar-refractivity contribution in [2.75, 3.05) is 0 Å².